The fraction of sp³-hybridized carbons (Fsp3) is 0.298. The van der Waals surface area contributed by atoms with Gasteiger partial charge in [-0.2, -0.15) is 0 Å². The van der Waals surface area contributed by atoms with Crippen molar-refractivity contribution >= 4 is 48.0 Å². The fourth-order valence-corrected chi connectivity index (χ4v) is 13.8. The minimum Gasteiger partial charge on any atom is -0.497 e. The minimum atomic E-state index is -2.68. The summed E-state index contributed by atoms with van der Waals surface area (Å²) in [6, 6.07) is 36.0. The third-order valence-electron chi connectivity index (χ3n) is 12.9. The Hall–Kier alpha value is -6.15. The number of benzene rings is 5. The van der Waals surface area contributed by atoms with Gasteiger partial charge in [0, 0.05) is 41.4 Å². The summed E-state index contributed by atoms with van der Waals surface area (Å²) < 4.78 is 12.7. The molecule has 2 N–H and O–H groups in total. The van der Waals surface area contributed by atoms with Gasteiger partial charge in [-0.05, 0) is 71.1 Å². The number of rotatable bonds is 11. The van der Waals surface area contributed by atoms with Crippen molar-refractivity contribution in [3.63, 3.8) is 0 Å². The smallest absolute Gasteiger partial charge is 0.269 e. The largest absolute Gasteiger partial charge is 0.497 e. The number of ether oxygens (including phenoxy) is 2. The van der Waals surface area contributed by atoms with Gasteiger partial charge in [-0.25, -0.2) is 0 Å². The van der Waals surface area contributed by atoms with Crippen LogP contribution in [0, 0.1) is 16.0 Å². The van der Waals surface area contributed by atoms with Gasteiger partial charge in [0.25, 0.3) is 17.5 Å². The topological polar surface area (TPSA) is 152 Å². The molecule has 0 aromatic heterocycles. The van der Waals surface area contributed by atoms with Crippen LogP contribution in [0.15, 0.2) is 121 Å². The van der Waals surface area contributed by atoms with E-state index in [1.165, 1.54) is 12.1 Å². The molecular weight excluding hydrogens is 777 g/mol. The summed E-state index contributed by atoms with van der Waals surface area (Å²) in [7, 11) is -1.07. The molecule has 3 amide bonds. The average Bonchev–Trinajstić information content (AvgIpc) is 3.68. The molecule has 0 bridgehead atoms. The van der Waals surface area contributed by atoms with Crippen molar-refractivity contribution in [3.05, 3.63) is 159 Å². The van der Waals surface area contributed by atoms with E-state index in [9.17, 15) is 24.8 Å². The molecule has 0 aliphatic carbocycles. The van der Waals surface area contributed by atoms with Crippen LogP contribution in [0.25, 0.3) is 0 Å². The van der Waals surface area contributed by atoms with Crippen LogP contribution in [0.1, 0.15) is 46.0 Å². The van der Waals surface area contributed by atoms with Crippen LogP contribution in [0.3, 0.4) is 0 Å². The number of carbonyl (C=O) groups excluding carboxylic acids is 3. The van der Waals surface area contributed by atoms with Gasteiger partial charge >= 0.3 is 0 Å². The van der Waals surface area contributed by atoms with Gasteiger partial charge in [0.15, 0.2) is 5.60 Å². The maximum absolute atomic E-state index is 15.4. The molecule has 3 heterocycles. The Bertz CT molecular complexity index is 2460. The first-order chi connectivity index (χ1) is 28.8. The molecule has 1 saturated heterocycles. The highest BCUT2D eigenvalue weighted by Gasteiger charge is 2.67. The number of non-ortho nitro benzene ring substituents is 1. The van der Waals surface area contributed by atoms with Crippen molar-refractivity contribution in [2.24, 2.45) is 5.92 Å². The lowest BCUT2D eigenvalue weighted by Crippen LogP contribution is -2.52. The van der Waals surface area contributed by atoms with Gasteiger partial charge in [0.05, 0.1) is 57.5 Å². The summed E-state index contributed by atoms with van der Waals surface area (Å²) in [5, 5.41) is 26.8. The second-order valence-electron chi connectivity index (χ2n) is 16.6. The van der Waals surface area contributed by atoms with E-state index in [4.69, 9.17) is 9.47 Å². The molecule has 1 spiro atoms. The molecule has 1 fully saturated rings. The van der Waals surface area contributed by atoms with E-state index >= 15 is 4.79 Å². The summed E-state index contributed by atoms with van der Waals surface area (Å²) >= 11 is 0. The summed E-state index contributed by atoms with van der Waals surface area (Å²) in [6.07, 6.45) is -0.287. The molecule has 0 saturated carbocycles. The Balaban J connectivity index is 1.18. The van der Waals surface area contributed by atoms with Crippen molar-refractivity contribution in [1.29, 1.82) is 0 Å². The molecule has 5 atom stereocenters. The quantitative estimate of drug-likeness (QED) is 0.0825. The minimum absolute atomic E-state index is 0.0529. The van der Waals surface area contributed by atoms with Crippen LogP contribution in [0.4, 0.5) is 17.1 Å². The number of methoxy groups -OCH3 is 1. The maximum atomic E-state index is 15.4. The normalized spacial score (nSPS) is 22.1. The number of fused-ring (bicyclic) bond motifs is 3. The van der Waals surface area contributed by atoms with E-state index in [-0.39, 0.29) is 48.5 Å². The number of nitrogens with zero attached hydrogens (tertiary/aromatic N) is 3. The van der Waals surface area contributed by atoms with Crippen LogP contribution in [-0.2, 0) is 39.4 Å². The van der Waals surface area contributed by atoms with E-state index in [2.05, 4.69) is 18.4 Å². The second-order valence-corrected chi connectivity index (χ2v) is 21.2. The summed E-state index contributed by atoms with van der Waals surface area (Å²) in [6.45, 7) is 6.63. The molecule has 5 aromatic rings. The number of amides is 3. The monoisotopic (exact) mass is 824 g/mol. The highest BCUT2D eigenvalue weighted by atomic mass is 28.3. The average molecular weight is 825 g/mol. The molecule has 60 heavy (non-hydrogen) atoms. The van der Waals surface area contributed by atoms with Crippen molar-refractivity contribution in [3.8, 4) is 5.75 Å². The van der Waals surface area contributed by atoms with Gasteiger partial charge in [-0.15, -0.1) is 0 Å². The molecule has 3 aliphatic rings. The lowest BCUT2D eigenvalue weighted by molar-refractivity contribution is -0.385. The molecule has 5 aromatic carbocycles. The zero-order chi connectivity index (χ0) is 42.3. The van der Waals surface area contributed by atoms with Gasteiger partial charge < -0.3 is 29.7 Å². The Morgan fingerprint density at radius 1 is 0.950 bits per heavy atom. The summed E-state index contributed by atoms with van der Waals surface area (Å²) in [5.74, 6) is -0.662. The number of nitrogens with one attached hydrogen (secondary N) is 1. The van der Waals surface area contributed by atoms with E-state index in [1.54, 1.807) is 65.4 Å². The Labute approximate surface area is 349 Å². The Morgan fingerprint density at radius 3 is 2.37 bits per heavy atom. The SMILES string of the molecule is COc1ccc([Si](C)(C)[C@H]2[C@H](CC(=O)N3Cc4ccccc4C[C@H]3CO)O[C@@]3(C(=O)N(Cc4cccc(NC(=O)c5ccccc5)c4)c4ccc([N+](=O)[O-])cc43)[C@@H]2C)cc1. The maximum Gasteiger partial charge on any atom is 0.269 e. The van der Waals surface area contributed by atoms with E-state index in [0.29, 0.717) is 41.2 Å². The molecule has 13 heteroatoms. The van der Waals surface area contributed by atoms with Gasteiger partial charge in [0.2, 0.25) is 5.91 Å². The number of aliphatic hydroxyl groups excluding tert-OH is 1. The van der Waals surface area contributed by atoms with Crippen LogP contribution < -0.4 is 20.1 Å². The number of nitro benzene ring substituents is 1. The standard InChI is InChI=1S/C47H48N4O8Si/c1-30-44(60(3,4)39-20-18-38(58-2)19-21-39)42(26-43(53)49-28-34-15-9-8-14-33(34)24-37(49)29-52)59-47(30)40-25-36(51(56)57)17-22-41(40)50(46(47)55)27-31-11-10-16-35(23-31)48-45(54)32-12-6-5-7-13-32/h5-23,25,30,37,42,44,52H,24,26-29H2,1-4H3,(H,48,54)/t30-,37+,42+,44-,47+/m1/s1. The number of nitro groups is 1. The third-order valence-corrected chi connectivity index (χ3v) is 17.2. The molecule has 308 valence electrons. The number of hydrogen-bond donors (Lipinski definition) is 2. The molecule has 0 unspecified atom stereocenters. The highest BCUT2D eigenvalue weighted by Crippen LogP contribution is 2.60. The predicted octanol–water partition coefficient (Wildman–Crippen LogP) is 6.95. The van der Waals surface area contributed by atoms with E-state index in [1.807, 2.05) is 67.6 Å². The number of carbonyl (C=O) groups is 3. The lowest BCUT2D eigenvalue weighted by Gasteiger charge is -2.39. The molecule has 0 radical (unpaired) electrons. The van der Waals surface area contributed by atoms with E-state index < -0.39 is 36.7 Å². The van der Waals surface area contributed by atoms with Gasteiger partial charge in [0.1, 0.15) is 5.75 Å². The van der Waals surface area contributed by atoms with E-state index in [0.717, 1.165) is 21.9 Å². The molecule has 3 aliphatic heterocycles. The number of aliphatic hydroxyl groups is 1. The number of anilines is 2. The van der Waals surface area contributed by atoms with Gasteiger partial charge in [-0.3, -0.25) is 24.5 Å². The lowest BCUT2D eigenvalue weighted by atomic mass is 9.82. The molecule has 12 nitrogen and oxygen atoms in total. The van der Waals surface area contributed by atoms with Crippen LogP contribution in [0.2, 0.25) is 18.6 Å². The Morgan fingerprint density at radius 2 is 1.67 bits per heavy atom. The zero-order valence-electron chi connectivity index (χ0n) is 34.0. The second kappa shape index (κ2) is 16.1. The van der Waals surface area contributed by atoms with Gasteiger partial charge in [-0.1, -0.05) is 91.9 Å². The first-order valence-electron chi connectivity index (χ1n) is 20.2. The predicted molar refractivity (Wildman–Crippen MR) is 231 cm³/mol. The Kier molecular flexibility index (Phi) is 10.9. The van der Waals surface area contributed by atoms with Crippen LogP contribution >= 0.6 is 0 Å². The zero-order valence-corrected chi connectivity index (χ0v) is 35.0. The van der Waals surface area contributed by atoms with Crippen molar-refractivity contribution < 1.29 is 33.9 Å². The third kappa shape index (κ3) is 7.16. The fourth-order valence-electron chi connectivity index (χ4n) is 9.83. The van der Waals surface area contributed by atoms with Crippen molar-refractivity contribution in [2.45, 2.75) is 69.2 Å². The van der Waals surface area contributed by atoms with Crippen molar-refractivity contribution in [1.82, 2.24) is 4.90 Å². The summed E-state index contributed by atoms with van der Waals surface area (Å²) in [5.41, 5.74) is 2.61. The van der Waals surface area contributed by atoms with Crippen molar-refractivity contribution in [2.75, 3.05) is 23.9 Å². The first kappa shape index (κ1) is 40.6. The number of hydrogen-bond acceptors (Lipinski definition) is 8. The first-order valence-corrected chi connectivity index (χ1v) is 23.3. The summed E-state index contributed by atoms with van der Waals surface area (Å²) in [4.78, 5) is 58.3. The molecular formula is C47H48N4O8Si. The molecule has 8 rings (SSSR count). The highest BCUT2D eigenvalue weighted by molar-refractivity contribution is 6.91. The van der Waals surface area contributed by atoms with Crippen LogP contribution in [-0.4, -0.2) is 66.6 Å². The van der Waals surface area contributed by atoms with Crippen LogP contribution in [0.5, 0.6) is 5.75 Å².